The molecule has 7 heteroatoms. The van der Waals surface area contributed by atoms with Crippen LogP contribution in [0.2, 0.25) is 0 Å². The number of aromatic nitrogens is 2. The van der Waals surface area contributed by atoms with E-state index in [0.717, 1.165) is 6.42 Å². The first-order valence-corrected chi connectivity index (χ1v) is 6.02. The number of nitrogens with one attached hydrogen (secondary N) is 2. The molecule has 0 aliphatic heterocycles. The summed E-state index contributed by atoms with van der Waals surface area (Å²) in [5.41, 5.74) is 0.145. The molecule has 0 aromatic carbocycles. The number of nitrogens with zero attached hydrogens (tertiary/aromatic N) is 1. The zero-order valence-corrected chi connectivity index (χ0v) is 10.9. The van der Waals surface area contributed by atoms with Gasteiger partial charge in [-0.25, -0.2) is 9.78 Å². The highest BCUT2D eigenvalue weighted by Crippen LogP contribution is 2.02. The van der Waals surface area contributed by atoms with Crippen molar-refractivity contribution >= 4 is 17.7 Å². The van der Waals surface area contributed by atoms with Gasteiger partial charge in [-0.05, 0) is 6.42 Å². The molecule has 1 heterocycles. The number of ether oxygens (including phenoxy) is 1. The molecule has 1 rings (SSSR count). The molecular weight excluding hydrogens is 250 g/mol. The number of hydrogen-bond donors (Lipinski definition) is 2. The predicted molar refractivity (Wildman–Crippen MR) is 66.4 cm³/mol. The van der Waals surface area contributed by atoms with E-state index in [1.807, 2.05) is 6.92 Å². The van der Waals surface area contributed by atoms with E-state index >= 15 is 0 Å². The molecule has 0 fully saturated rings. The number of Topliss-reactive ketones (excluding diaryl/α,β-unsaturated/α-hetero) is 1. The van der Waals surface area contributed by atoms with E-state index in [0.29, 0.717) is 6.42 Å². The Labute approximate surface area is 110 Å². The van der Waals surface area contributed by atoms with E-state index in [2.05, 4.69) is 15.3 Å². The molecular formula is C12H17N3O4. The minimum Gasteiger partial charge on any atom is -0.464 e. The number of esters is 1. The molecule has 0 bridgehead atoms. The molecule has 1 amide bonds. The molecule has 2 N–H and O–H groups in total. The van der Waals surface area contributed by atoms with Crippen molar-refractivity contribution in [1.82, 2.24) is 15.3 Å². The highest BCUT2D eigenvalue weighted by molar-refractivity contribution is 6.12. The van der Waals surface area contributed by atoms with Crippen LogP contribution < -0.4 is 5.32 Å². The second-order valence-corrected chi connectivity index (χ2v) is 3.98. The van der Waals surface area contributed by atoms with Crippen LogP contribution in [0.5, 0.6) is 0 Å². The number of unbranched alkanes of at least 4 members (excludes halogenated alkanes) is 1. The van der Waals surface area contributed by atoms with Gasteiger partial charge in [-0.3, -0.25) is 9.59 Å². The van der Waals surface area contributed by atoms with E-state index in [1.165, 1.54) is 19.4 Å². The van der Waals surface area contributed by atoms with Gasteiger partial charge in [0.2, 0.25) is 11.7 Å². The van der Waals surface area contributed by atoms with Gasteiger partial charge < -0.3 is 15.0 Å². The maximum atomic E-state index is 12.0. The number of aromatic amines is 1. The summed E-state index contributed by atoms with van der Waals surface area (Å²) in [5, 5.41) is 2.28. The van der Waals surface area contributed by atoms with E-state index in [1.54, 1.807) is 0 Å². The Morgan fingerprint density at radius 2 is 2.21 bits per heavy atom. The van der Waals surface area contributed by atoms with Crippen molar-refractivity contribution < 1.29 is 19.1 Å². The van der Waals surface area contributed by atoms with E-state index < -0.39 is 23.7 Å². The quantitative estimate of drug-likeness (QED) is 0.323. The van der Waals surface area contributed by atoms with Crippen molar-refractivity contribution in [3.05, 3.63) is 18.2 Å². The number of hydrogen-bond acceptors (Lipinski definition) is 5. The molecule has 0 radical (unpaired) electrons. The predicted octanol–water partition coefficient (Wildman–Crippen LogP) is 0.440. The first-order valence-electron chi connectivity index (χ1n) is 6.02. The van der Waals surface area contributed by atoms with Crippen molar-refractivity contribution in [3.8, 4) is 0 Å². The largest absolute Gasteiger partial charge is 0.464 e. The van der Waals surface area contributed by atoms with Crippen LogP contribution in [0.15, 0.2) is 12.5 Å². The van der Waals surface area contributed by atoms with Crippen molar-refractivity contribution in [3.63, 3.8) is 0 Å². The topological polar surface area (TPSA) is 101 Å². The Morgan fingerprint density at radius 3 is 2.74 bits per heavy atom. The fourth-order valence-electron chi connectivity index (χ4n) is 1.38. The van der Waals surface area contributed by atoms with E-state index in [9.17, 15) is 14.4 Å². The first-order chi connectivity index (χ1) is 9.06. The third-order valence-electron chi connectivity index (χ3n) is 2.35. The van der Waals surface area contributed by atoms with Gasteiger partial charge in [-0.2, -0.15) is 0 Å². The zero-order chi connectivity index (χ0) is 14.3. The minimum atomic E-state index is -1.34. The fourth-order valence-corrected chi connectivity index (χ4v) is 1.38. The van der Waals surface area contributed by atoms with Gasteiger partial charge in [0, 0.05) is 6.92 Å². The van der Waals surface area contributed by atoms with Crippen LogP contribution in [0.25, 0.3) is 0 Å². The average Bonchev–Trinajstić information content (AvgIpc) is 2.89. The molecule has 7 nitrogen and oxygen atoms in total. The molecule has 0 spiro atoms. The van der Waals surface area contributed by atoms with Crippen LogP contribution in [0.4, 0.5) is 0 Å². The van der Waals surface area contributed by atoms with Crippen LogP contribution in [-0.4, -0.2) is 40.3 Å². The van der Waals surface area contributed by atoms with E-state index in [4.69, 9.17) is 4.74 Å². The Bertz CT molecular complexity index is 442. The maximum Gasteiger partial charge on any atom is 0.336 e. The second kappa shape index (κ2) is 7.30. The van der Waals surface area contributed by atoms with Gasteiger partial charge in [0.05, 0.1) is 19.1 Å². The lowest BCUT2D eigenvalue weighted by Gasteiger charge is -2.14. The van der Waals surface area contributed by atoms with Crippen molar-refractivity contribution in [1.29, 1.82) is 0 Å². The molecule has 104 valence electrons. The molecule has 1 aromatic heterocycles. The maximum absolute atomic E-state index is 12.0. The third-order valence-corrected chi connectivity index (χ3v) is 2.35. The third kappa shape index (κ3) is 4.53. The summed E-state index contributed by atoms with van der Waals surface area (Å²) in [4.78, 5) is 41.2. The van der Waals surface area contributed by atoms with Gasteiger partial charge >= 0.3 is 5.97 Å². The lowest BCUT2D eigenvalue weighted by atomic mass is 10.1. The van der Waals surface area contributed by atoms with Gasteiger partial charge in [0.25, 0.3) is 0 Å². The number of ketones is 1. The summed E-state index contributed by atoms with van der Waals surface area (Å²) in [6.07, 6.45) is 4.18. The number of rotatable bonds is 7. The smallest absolute Gasteiger partial charge is 0.336 e. The molecule has 1 atom stereocenters. The summed E-state index contributed by atoms with van der Waals surface area (Å²) in [6, 6.07) is -1.34. The Balaban J connectivity index is 2.73. The van der Waals surface area contributed by atoms with Crippen LogP contribution in [0.3, 0.4) is 0 Å². The fraction of sp³-hybridized carbons (Fsp3) is 0.500. The lowest BCUT2D eigenvalue weighted by Crippen LogP contribution is -2.46. The second-order valence-electron chi connectivity index (χ2n) is 3.98. The normalized spacial score (nSPS) is 11.7. The van der Waals surface area contributed by atoms with Gasteiger partial charge in [0.1, 0.15) is 5.69 Å². The Kier molecular flexibility index (Phi) is 5.72. The summed E-state index contributed by atoms with van der Waals surface area (Å²) >= 11 is 0. The van der Waals surface area contributed by atoms with Gasteiger partial charge in [-0.1, -0.05) is 13.3 Å². The van der Waals surface area contributed by atoms with Crippen molar-refractivity contribution in [2.24, 2.45) is 0 Å². The van der Waals surface area contributed by atoms with Crippen LogP contribution in [-0.2, 0) is 14.3 Å². The summed E-state index contributed by atoms with van der Waals surface area (Å²) in [5.74, 6) is -1.82. The lowest BCUT2D eigenvalue weighted by molar-refractivity contribution is -0.146. The SMILES string of the molecule is CCCCOC(=O)C(NC(C)=O)C(=O)c1cnc[nH]1. The molecule has 0 aliphatic rings. The number of imidazole rings is 1. The van der Waals surface area contributed by atoms with E-state index in [-0.39, 0.29) is 12.3 Å². The number of carbonyl (C=O) groups is 3. The molecule has 0 aliphatic carbocycles. The summed E-state index contributed by atoms with van der Waals surface area (Å²) in [7, 11) is 0. The number of H-pyrrole nitrogens is 1. The summed E-state index contributed by atoms with van der Waals surface area (Å²) in [6.45, 7) is 3.41. The van der Waals surface area contributed by atoms with Gasteiger partial charge in [0.15, 0.2) is 6.04 Å². The van der Waals surface area contributed by atoms with Gasteiger partial charge in [-0.15, -0.1) is 0 Å². The van der Waals surface area contributed by atoms with Crippen molar-refractivity contribution in [2.75, 3.05) is 6.61 Å². The Hall–Kier alpha value is -2.18. The van der Waals surface area contributed by atoms with Crippen LogP contribution in [0.1, 0.15) is 37.2 Å². The molecule has 1 unspecified atom stereocenters. The summed E-state index contributed by atoms with van der Waals surface area (Å²) < 4.78 is 4.96. The van der Waals surface area contributed by atoms with Crippen molar-refractivity contribution in [2.45, 2.75) is 32.7 Å². The molecule has 0 saturated carbocycles. The molecule has 1 aromatic rings. The average molecular weight is 267 g/mol. The highest BCUT2D eigenvalue weighted by Gasteiger charge is 2.30. The Morgan fingerprint density at radius 1 is 1.47 bits per heavy atom. The number of amides is 1. The molecule has 19 heavy (non-hydrogen) atoms. The zero-order valence-electron chi connectivity index (χ0n) is 10.9. The molecule has 0 saturated heterocycles. The minimum absolute atomic E-state index is 0.145. The first kappa shape index (κ1) is 14.9. The highest BCUT2D eigenvalue weighted by atomic mass is 16.5. The monoisotopic (exact) mass is 267 g/mol. The standard InChI is InChI=1S/C12H17N3O4/c1-3-4-5-19-12(18)10(15-8(2)16)11(17)9-6-13-7-14-9/h6-7,10H,3-5H2,1-2H3,(H,13,14)(H,15,16). The van der Waals surface area contributed by atoms with Crippen LogP contribution >= 0.6 is 0 Å². The number of carbonyl (C=O) groups excluding carboxylic acids is 3. The van der Waals surface area contributed by atoms with Crippen LogP contribution in [0, 0.1) is 0 Å².